The maximum absolute atomic E-state index is 12.1. The second-order valence-corrected chi connectivity index (χ2v) is 9.18. The summed E-state index contributed by atoms with van der Waals surface area (Å²) < 4.78 is 1.67. The minimum Gasteiger partial charge on any atom is -0.324 e. The molecule has 0 radical (unpaired) electrons. The second-order valence-electron chi connectivity index (χ2n) is 5.36. The molecule has 8 heteroatoms. The topological polar surface area (TPSA) is 54.9 Å². The first-order chi connectivity index (χ1) is 11.3. The molecule has 1 heterocycles. The highest BCUT2D eigenvalue weighted by Gasteiger charge is 2.12. The molecule has 1 N–H and O–H groups in total. The van der Waals surface area contributed by atoms with E-state index in [1.807, 2.05) is 32.9 Å². The number of benzene rings is 1. The fraction of sp³-hybridized carbons (Fsp3) is 0.312. The van der Waals surface area contributed by atoms with Gasteiger partial charge in [0.2, 0.25) is 5.91 Å². The van der Waals surface area contributed by atoms with Crippen LogP contribution in [0, 0.1) is 13.8 Å². The van der Waals surface area contributed by atoms with E-state index in [4.69, 9.17) is 11.6 Å². The van der Waals surface area contributed by atoms with Crippen LogP contribution in [0.4, 0.5) is 5.69 Å². The Labute approximate surface area is 159 Å². The Kier molecular flexibility index (Phi) is 7.16. The van der Waals surface area contributed by atoms with Gasteiger partial charge in [0, 0.05) is 5.75 Å². The largest absolute Gasteiger partial charge is 0.324 e. The van der Waals surface area contributed by atoms with Gasteiger partial charge >= 0.3 is 0 Å². The van der Waals surface area contributed by atoms with Crippen molar-refractivity contribution in [1.29, 1.82) is 0 Å². The molecule has 0 spiro atoms. The Morgan fingerprint density at radius 2 is 1.88 bits per heavy atom. The normalized spacial score (nSPS) is 10.7. The molecule has 2 aromatic rings. The monoisotopic (exact) mass is 399 g/mol. The minimum absolute atomic E-state index is 0.111. The van der Waals surface area contributed by atoms with Gasteiger partial charge in [-0.3, -0.25) is 4.79 Å². The van der Waals surface area contributed by atoms with Crippen molar-refractivity contribution < 1.29 is 4.79 Å². The zero-order valence-electron chi connectivity index (χ0n) is 13.7. The van der Waals surface area contributed by atoms with Crippen molar-refractivity contribution in [2.24, 2.45) is 0 Å². The van der Waals surface area contributed by atoms with E-state index in [-0.39, 0.29) is 11.7 Å². The number of thioether (sulfide) groups is 2. The molecule has 128 valence electrons. The minimum atomic E-state index is -0.111. The lowest BCUT2D eigenvalue weighted by atomic mass is 10.1. The van der Waals surface area contributed by atoms with Crippen LogP contribution in [0.3, 0.4) is 0 Å². The van der Waals surface area contributed by atoms with E-state index in [0.717, 1.165) is 31.1 Å². The van der Waals surface area contributed by atoms with Crippen molar-refractivity contribution in [2.45, 2.75) is 29.5 Å². The molecule has 0 aliphatic heterocycles. The highest BCUT2D eigenvalue weighted by atomic mass is 35.5. The van der Waals surface area contributed by atoms with Gasteiger partial charge in [0.1, 0.15) is 0 Å². The Bertz CT molecular complexity index is 738. The number of aromatic nitrogens is 2. The maximum atomic E-state index is 12.1. The van der Waals surface area contributed by atoms with E-state index >= 15 is 0 Å². The highest BCUT2D eigenvalue weighted by Crippen LogP contribution is 2.30. The first-order valence-corrected chi connectivity index (χ1v) is 10.3. The van der Waals surface area contributed by atoms with Crippen molar-refractivity contribution in [2.75, 3.05) is 16.8 Å². The van der Waals surface area contributed by atoms with Gasteiger partial charge in [-0.05, 0) is 38.0 Å². The first kappa shape index (κ1) is 19.3. The number of anilines is 1. The average molecular weight is 400 g/mol. The summed E-state index contributed by atoms with van der Waals surface area (Å²) in [5, 5.41) is 11.6. The van der Waals surface area contributed by atoms with Crippen LogP contribution in [0.1, 0.15) is 18.1 Å². The highest BCUT2D eigenvalue weighted by molar-refractivity contribution is 8.03. The van der Waals surface area contributed by atoms with Gasteiger partial charge in [-0.1, -0.05) is 64.7 Å². The Morgan fingerprint density at radius 3 is 2.46 bits per heavy atom. The molecule has 2 rings (SSSR count). The molecule has 1 aromatic carbocycles. The van der Waals surface area contributed by atoms with E-state index in [0.29, 0.717) is 10.7 Å². The Balaban J connectivity index is 1.89. The molecule has 0 bridgehead atoms. The fourth-order valence-electron chi connectivity index (χ4n) is 1.88. The Morgan fingerprint density at radius 1 is 1.25 bits per heavy atom. The van der Waals surface area contributed by atoms with Crippen LogP contribution in [-0.2, 0) is 4.79 Å². The molecule has 0 atom stereocenters. The number of rotatable bonds is 7. The number of amides is 1. The summed E-state index contributed by atoms with van der Waals surface area (Å²) in [5.41, 5.74) is 3.78. The van der Waals surface area contributed by atoms with Crippen LogP contribution in [-0.4, -0.2) is 27.6 Å². The molecule has 1 amide bonds. The van der Waals surface area contributed by atoms with Crippen molar-refractivity contribution in [3.8, 4) is 0 Å². The van der Waals surface area contributed by atoms with Crippen molar-refractivity contribution in [3.05, 3.63) is 40.4 Å². The maximum Gasteiger partial charge on any atom is 0.234 e. The summed E-state index contributed by atoms with van der Waals surface area (Å²) in [7, 11) is 0. The van der Waals surface area contributed by atoms with Gasteiger partial charge in [0.05, 0.1) is 16.5 Å². The molecule has 0 unspecified atom stereocenters. The third-order valence-corrected chi connectivity index (χ3v) is 6.57. The predicted octanol–water partition coefficient (Wildman–Crippen LogP) is 5.21. The zero-order valence-corrected chi connectivity index (χ0v) is 16.9. The first-order valence-electron chi connectivity index (χ1n) is 7.15. The molecule has 4 nitrogen and oxygen atoms in total. The van der Waals surface area contributed by atoms with Gasteiger partial charge in [-0.2, -0.15) is 0 Å². The van der Waals surface area contributed by atoms with Crippen molar-refractivity contribution in [1.82, 2.24) is 10.2 Å². The van der Waals surface area contributed by atoms with Crippen LogP contribution in [0.25, 0.3) is 0 Å². The predicted molar refractivity (Wildman–Crippen MR) is 106 cm³/mol. The van der Waals surface area contributed by atoms with Crippen molar-refractivity contribution in [3.63, 3.8) is 0 Å². The van der Waals surface area contributed by atoms with E-state index in [1.165, 1.54) is 23.1 Å². The van der Waals surface area contributed by atoms with E-state index in [1.54, 1.807) is 11.8 Å². The average Bonchev–Trinajstić information content (AvgIpc) is 2.94. The lowest BCUT2D eigenvalue weighted by Crippen LogP contribution is -2.15. The van der Waals surface area contributed by atoms with E-state index < -0.39 is 0 Å². The fourth-order valence-corrected chi connectivity index (χ4v) is 4.91. The number of carbonyl (C=O) groups is 1. The lowest BCUT2D eigenvalue weighted by molar-refractivity contribution is -0.113. The number of carbonyl (C=O) groups excluding carboxylic acids is 1. The number of halogens is 1. The summed E-state index contributed by atoms with van der Waals surface area (Å²) in [6.07, 6.45) is 0. The molecule has 0 saturated heterocycles. The van der Waals surface area contributed by atoms with Crippen LogP contribution in [0.2, 0.25) is 5.02 Å². The standard InChI is InChI=1S/C16H18ClN3OS3/c1-9(2)7-22-15-19-20-16(24-15)23-8-13(21)18-14-11(4)5-10(3)6-12(14)17/h5-6H,1,7-8H2,2-4H3,(H,18,21). The number of aryl methyl sites for hydroxylation is 2. The zero-order chi connectivity index (χ0) is 17.7. The summed E-state index contributed by atoms with van der Waals surface area (Å²) in [5.74, 6) is 0.981. The van der Waals surface area contributed by atoms with Gasteiger partial charge < -0.3 is 5.32 Å². The molecule has 0 aliphatic carbocycles. The van der Waals surface area contributed by atoms with E-state index in [9.17, 15) is 4.79 Å². The SMILES string of the molecule is C=C(C)CSc1nnc(SCC(=O)Nc2c(C)cc(C)cc2Cl)s1. The number of hydrogen-bond donors (Lipinski definition) is 1. The molecular weight excluding hydrogens is 382 g/mol. The summed E-state index contributed by atoms with van der Waals surface area (Å²) >= 11 is 10.7. The molecular formula is C16H18ClN3OS3. The molecule has 0 fully saturated rings. The van der Waals surface area contributed by atoms with Crippen LogP contribution < -0.4 is 5.32 Å². The quantitative estimate of drug-likeness (QED) is 0.511. The second kappa shape index (κ2) is 8.89. The van der Waals surface area contributed by atoms with Crippen molar-refractivity contribution >= 4 is 58.1 Å². The van der Waals surface area contributed by atoms with Gasteiger partial charge in [0.25, 0.3) is 0 Å². The molecule has 1 aromatic heterocycles. The third-order valence-electron chi connectivity index (χ3n) is 2.85. The van der Waals surface area contributed by atoms with Crippen LogP contribution >= 0.6 is 46.5 Å². The van der Waals surface area contributed by atoms with Crippen LogP contribution in [0.15, 0.2) is 33.0 Å². The molecule has 24 heavy (non-hydrogen) atoms. The molecule has 0 aliphatic rings. The van der Waals surface area contributed by atoms with E-state index in [2.05, 4.69) is 22.1 Å². The smallest absolute Gasteiger partial charge is 0.234 e. The Hall–Kier alpha value is -1.02. The number of nitrogens with zero attached hydrogens (tertiary/aromatic N) is 2. The van der Waals surface area contributed by atoms with Gasteiger partial charge in [-0.25, -0.2) is 0 Å². The third kappa shape index (κ3) is 5.81. The summed E-state index contributed by atoms with van der Waals surface area (Å²) in [4.78, 5) is 12.1. The summed E-state index contributed by atoms with van der Waals surface area (Å²) in [6, 6.07) is 3.83. The molecule has 0 saturated carbocycles. The number of nitrogens with one attached hydrogen (secondary N) is 1. The summed E-state index contributed by atoms with van der Waals surface area (Å²) in [6.45, 7) is 9.74. The van der Waals surface area contributed by atoms with Gasteiger partial charge in [-0.15, -0.1) is 10.2 Å². The van der Waals surface area contributed by atoms with Crippen LogP contribution in [0.5, 0.6) is 0 Å². The van der Waals surface area contributed by atoms with Gasteiger partial charge in [0.15, 0.2) is 8.68 Å². The lowest BCUT2D eigenvalue weighted by Gasteiger charge is -2.11. The number of hydrogen-bond acceptors (Lipinski definition) is 6.